The monoisotopic (exact) mass is 253 g/mol. The van der Waals surface area contributed by atoms with Crippen LogP contribution in [0, 0.1) is 5.92 Å². The van der Waals surface area contributed by atoms with E-state index in [1.54, 1.807) is 0 Å². The molecule has 102 valence electrons. The number of rotatable bonds is 5. The molecule has 2 N–H and O–H groups in total. The van der Waals surface area contributed by atoms with Crippen LogP contribution >= 0.6 is 0 Å². The molecule has 1 atom stereocenters. The Hall–Kier alpha value is -1.32. The number of hydrogen-bond acceptors (Lipinski definition) is 2. The van der Waals surface area contributed by atoms with E-state index in [-0.39, 0.29) is 11.8 Å². The van der Waals surface area contributed by atoms with Gasteiger partial charge < -0.3 is 10.4 Å². The first-order valence-electron chi connectivity index (χ1n) is 6.57. The molecule has 0 radical (unpaired) electrons. The molecule has 1 amide bonds. The Labute approximate surface area is 108 Å². The van der Waals surface area contributed by atoms with Gasteiger partial charge in [0, 0.05) is 5.92 Å². The van der Waals surface area contributed by atoms with Crippen molar-refractivity contribution in [3.05, 3.63) is 12.2 Å². The summed E-state index contributed by atoms with van der Waals surface area (Å²) in [5, 5.41) is 12.1. The largest absolute Gasteiger partial charge is 0.480 e. The van der Waals surface area contributed by atoms with Crippen LogP contribution in [0.2, 0.25) is 0 Å². The number of allylic oxidation sites excluding steroid dienone is 1. The smallest absolute Gasteiger partial charge is 0.329 e. The molecule has 0 saturated heterocycles. The molecule has 4 heteroatoms. The minimum atomic E-state index is -1.04. The van der Waals surface area contributed by atoms with Gasteiger partial charge in [-0.1, -0.05) is 31.8 Å². The maximum Gasteiger partial charge on any atom is 0.329 e. The third-order valence-electron chi connectivity index (χ3n) is 3.58. The van der Waals surface area contributed by atoms with Crippen LogP contribution in [0.25, 0.3) is 0 Å². The molecule has 1 fully saturated rings. The standard InChI is InChI=1S/C14H23NO3/c1-10(2)9-11(3)12(16)15-14(13(17)18)7-5-4-6-8-14/h11H,1,4-9H2,2-3H3,(H,15,16)(H,17,18). The normalized spacial score (nSPS) is 19.9. The van der Waals surface area contributed by atoms with Gasteiger partial charge in [-0.25, -0.2) is 4.79 Å². The van der Waals surface area contributed by atoms with Gasteiger partial charge in [0.15, 0.2) is 0 Å². The first-order chi connectivity index (χ1) is 8.37. The SMILES string of the molecule is C=C(C)CC(C)C(=O)NC1(C(=O)O)CCCCC1. The fourth-order valence-corrected chi connectivity index (χ4v) is 2.52. The van der Waals surface area contributed by atoms with E-state index in [0.717, 1.165) is 24.8 Å². The highest BCUT2D eigenvalue weighted by molar-refractivity contribution is 5.88. The summed E-state index contributed by atoms with van der Waals surface area (Å²) in [5.74, 6) is -1.30. The topological polar surface area (TPSA) is 66.4 Å². The van der Waals surface area contributed by atoms with E-state index in [1.807, 2.05) is 13.8 Å². The third-order valence-corrected chi connectivity index (χ3v) is 3.58. The highest BCUT2D eigenvalue weighted by Gasteiger charge is 2.41. The minimum Gasteiger partial charge on any atom is -0.480 e. The molecule has 1 aliphatic carbocycles. The Morgan fingerprint density at radius 3 is 2.33 bits per heavy atom. The predicted molar refractivity (Wildman–Crippen MR) is 70.2 cm³/mol. The van der Waals surface area contributed by atoms with Crippen molar-refractivity contribution in [2.75, 3.05) is 0 Å². The van der Waals surface area contributed by atoms with Gasteiger partial charge in [-0.15, -0.1) is 6.58 Å². The average Bonchev–Trinajstić information content (AvgIpc) is 2.29. The fourth-order valence-electron chi connectivity index (χ4n) is 2.52. The summed E-state index contributed by atoms with van der Waals surface area (Å²) in [7, 11) is 0. The Bertz CT molecular complexity index is 343. The van der Waals surface area contributed by atoms with Gasteiger partial charge in [0.1, 0.15) is 5.54 Å². The second-order valence-corrected chi connectivity index (χ2v) is 5.50. The van der Waals surface area contributed by atoms with Gasteiger partial charge in [0.25, 0.3) is 0 Å². The summed E-state index contributed by atoms with van der Waals surface area (Å²) < 4.78 is 0. The highest BCUT2D eigenvalue weighted by Crippen LogP contribution is 2.29. The number of hydrogen-bond donors (Lipinski definition) is 2. The van der Waals surface area contributed by atoms with E-state index < -0.39 is 11.5 Å². The molecular weight excluding hydrogens is 230 g/mol. The van der Waals surface area contributed by atoms with Gasteiger partial charge in [-0.3, -0.25) is 4.79 Å². The van der Waals surface area contributed by atoms with Gasteiger partial charge in [-0.2, -0.15) is 0 Å². The molecule has 1 rings (SSSR count). The predicted octanol–water partition coefficient (Wildman–Crippen LogP) is 2.49. The van der Waals surface area contributed by atoms with E-state index in [2.05, 4.69) is 11.9 Å². The number of nitrogens with one attached hydrogen (secondary N) is 1. The van der Waals surface area contributed by atoms with Crippen molar-refractivity contribution in [3.8, 4) is 0 Å². The van der Waals surface area contributed by atoms with Crippen molar-refractivity contribution in [2.45, 2.75) is 57.9 Å². The van der Waals surface area contributed by atoms with Gasteiger partial charge in [-0.05, 0) is 26.2 Å². The first kappa shape index (κ1) is 14.7. The van der Waals surface area contributed by atoms with Crippen LogP contribution in [0.5, 0.6) is 0 Å². The molecule has 0 heterocycles. The number of carbonyl (C=O) groups is 2. The van der Waals surface area contributed by atoms with Crippen LogP contribution in [0.3, 0.4) is 0 Å². The molecule has 0 bridgehead atoms. The van der Waals surface area contributed by atoms with Gasteiger partial charge in [0.2, 0.25) is 5.91 Å². The molecule has 0 aliphatic heterocycles. The van der Waals surface area contributed by atoms with E-state index in [0.29, 0.717) is 19.3 Å². The van der Waals surface area contributed by atoms with E-state index in [1.165, 1.54) is 0 Å². The summed E-state index contributed by atoms with van der Waals surface area (Å²) in [6, 6.07) is 0. The van der Waals surface area contributed by atoms with Gasteiger partial charge >= 0.3 is 5.97 Å². The Balaban J connectivity index is 2.69. The fraction of sp³-hybridized carbons (Fsp3) is 0.714. The summed E-state index contributed by atoms with van der Waals surface area (Å²) in [4.78, 5) is 23.5. The zero-order valence-corrected chi connectivity index (χ0v) is 11.3. The summed E-state index contributed by atoms with van der Waals surface area (Å²) >= 11 is 0. The summed E-state index contributed by atoms with van der Waals surface area (Å²) in [5.41, 5.74) is -0.107. The van der Waals surface area contributed by atoms with Crippen LogP contribution in [0.4, 0.5) is 0 Å². The van der Waals surface area contributed by atoms with Gasteiger partial charge in [0.05, 0.1) is 0 Å². The first-order valence-corrected chi connectivity index (χ1v) is 6.57. The molecule has 1 unspecified atom stereocenters. The van der Waals surface area contributed by atoms with Crippen molar-refractivity contribution in [1.82, 2.24) is 5.32 Å². The minimum absolute atomic E-state index is 0.178. The van der Waals surface area contributed by atoms with Crippen LogP contribution in [0.1, 0.15) is 52.4 Å². The van der Waals surface area contributed by atoms with Crippen LogP contribution in [-0.4, -0.2) is 22.5 Å². The number of carbonyl (C=O) groups excluding carboxylic acids is 1. The lowest BCUT2D eigenvalue weighted by Crippen LogP contribution is -2.56. The van der Waals surface area contributed by atoms with Crippen molar-refractivity contribution < 1.29 is 14.7 Å². The van der Waals surface area contributed by atoms with Crippen molar-refractivity contribution >= 4 is 11.9 Å². The third kappa shape index (κ3) is 3.59. The Morgan fingerprint density at radius 2 is 1.89 bits per heavy atom. The highest BCUT2D eigenvalue weighted by atomic mass is 16.4. The number of carboxylic acid groups (broad SMARTS) is 1. The number of carboxylic acids is 1. The molecule has 18 heavy (non-hydrogen) atoms. The Morgan fingerprint density at radius 1 is 1.33 bits per heavy atom. The zero-order chi connectivity index (χ0) is 13.8. The lowest BCUT2D eigenvalue weighted by Gasteiger charge is -2.34. The molecule has 0 aromatic carbocycles. The molecule has 0 aromatic rings. The molecule has 0 spiro atoms. The van der Waals surface area contributed by atoms with E-state index >= 15 is 0 Å². The zero-order valence-electron chi connectivity index (χ0n) is 11.3. The quantitative estimate of drug-likeness (QED) is 0.740. The van der Waals surface area contributed by atoms with Crippen LogP contribution in [0.15, 0.2) is 12.2 Å². The van der Waals surface area contributed by atoms with E-state index in [9.17, 15) is 14.7 Å². The second-order valence-electron chi connectivity index (χ2n) is 5.50. The molecule has 4 nitrogen and oxygen atoms in total. The van der Waals surface area contributed by atoms with Crippen LogP contribution < -0.4 is 5.32 Å². The summed E-state index contributed by atoms with van der Waals surface area (Å²) in [6.07, 6.45) is 4.44. The Kier molecular flexibility index (Phi) is 4.93. The van der Waals surface area contributed by atoms with Crippen molar-refractivity contribution in [1.29, 1.82) is 0 Å². The molecule has 1 saturated carbocycles. The average molecular weight is 253 g/mol. The molecule has 1 aliphatic rings. The lowest BCUT2D eigenvalue weighted by molar-refractivity contribution is -0.149. The van der Waals surface area contributed by atoms with Crippen molar-refractivity contribution in [2.24, 2.45) is 5.92 Å². The molecular formula is C14H23NO3. The molecule has 0 aromatic heterocycles. The summed E-state index contributed by atoms with van der Waals surface area (Å²) in [6.45, 7) is 7.46. The maximum atomic E-state index is 12.0. The van der Waals surface area contributed by atoms with E-state index in [4.69, 9.17) is 0 Å². The number of aliphatic carboxylic acids is 1. The lowest BCUT2D eigenvalue weighted by atomic mass is 9.81. The van der Waals surface area contributed by atoms with Crippen LogP contribution in [-0.2, 0) is 9.59 Å². The number of amides is 1. The van der Waals surface area contributed by atoms with Crippen molar-refractivity contribution in [3.63, 3.8) is 0 Å². The maximum absolute atomic E-state index is 12.0. The second kappa shape index (κ2) is 6.03.